The lowest BCUT2D eigenvalue weighted by Gasteiger charge is -2.31. The molecule has 4 heterocycles. The highest BCUT2D eigenvalue weighted by Crippen LogP contribution is 2.34. The highest BCUT2D eigenvalue weighted by molar-refractivity contribution is 8.01. The van der Waals surface area contributed by atoms with Gasteiger partial charge in [-0.2, -0.15) is 0 Å². The molecule has 0 unspecified atom stereocenters. The van der Waals surface area contributed by atoms with Crippen LogP contribution in [-0.4, -0.2) is 64.1 Å². The summed E-state index contributed by atoms with van der Waals surface area (Å²) >= 11 is 4.76. The number of aromatic nitrogens is 3. The second kappa shape index (κ2) is 9.81. The first-order valence-corrected chi connectivity index (χ1v) is 13.3. The summed E-state index contributed by atoms with van der Waals surface area (Å²) in [6.45, 7) is 3.21. The predicted molar refractivity (Wildman–Crippen MR) is 126 cm³/mol. The van der Waals surface area contributed by atoms with Crippen molar-refractivity contribution in [1.82, 2.24) is 20.1 Å². The molecule has 3 aromatic rings. The number of likely N-dealkylation sites (tertiary alicyclic amines) is 1. The fourth-order valence-electron chi connectivity index (χ4n) is 4.00. The smallest absolute Gasteiger partial charge is 0.233 e. The van der Waals surface area contributed by atoms with Gasteiger partial charge in [-0.3, -0.25) is 4.79 Å². The van der Waals surface area contributed by atoms with Crippen LogP contribution in [0.15, 0.2) is 28.6 Å². The van der Waals surface area contributed by atoms with Crippen LogP contribution in [0.5, 0.6) is 0 Å². The summed E-state index contributed by atoms with van der Waals surface area (Å²) in [4.78, 5) is 19.5. The van der Waals surface area contributed by atoms with Crippen LogP contribution in [0.4, 0.5) is 5.13 Å². The molecular weight excluding hydrogens is 450 g/mol. The standard InChI is InChI=1S/C21H25N5O2S3/c27-18(13-29-21-25-24-20(31-21)22-12-15-4-3-11-28-15)26-9-7-14(8-10-26)19-23-16-5-1-2-6-17(16)30-19/h1-2,5-6,14-15H,3-4,7-13H2,(H,22,24)/t15-/m1/s1. The number of thiazole rings is 1. The minimum atomic E-state index is 0.178. The van der Waals surface area contributed by atoms with E-state index in [9.17, 15) is 4.79 Å². The molecule has 164 valence electrons. The van der Waals surface area contributed by atoms with E-state index in [1.54, 1.807) is 11.3 Å². The van der Waals surface area contributed by atoms with Gasteiger partial charge < -0.3 is 15.0 Å². The van der Waals surface area contributed by atoms with Gasteiger partial charge in [0.1, 0.15) is 0 Å². The van der Waals surface area contributed by atoms with Gasteiger partial charge in [0, 0.05) is 32.2 Å². The van der Waals surface area contributed by atoms with Crippen LogP contribution in [-0.2, 0) is 9.53 Å². The number of benzene rings is 1. The highest BCUT2D eigenvalue weighted by atomic mass is 32.2. The quantitative estimate of drug-likeness (QED) is 0.512. The van der Waals surface area contributed by atoms with Gasteiger partial charge in [-0.1, -0.05) is 35.2 Å². The number of para-hydroxylation sites is 1. The maximum absolute atomic E-state index is 12.7. The molecule has 2 aromatic heterocycles. The second-order valence-electron chi connectivity index (χ2n) is 7.85. The number of carbonyl (C=O) groups excluding carboxylic acids is 1. The number of carbonyl (C=O) groups is 1. The number of piperidine rings is 1. The first-order chi connectivity index (χ1) is 15.2. The third-order valence-electron chi connectivity index (χ3n) is 5.74. The number of hydrogen-bond acceptors (Lipinski definition) is 9. The normalized spacial score (nSPS) is 19.9. The zero-order chi connectivity index (χ0) is 21.0. The summed E-state index contributed by atoms with van der Waals surface area (Å²) in [6.07, 6.45) is 4.45. The second-order valence-corrected chi connectivity index (χ2v) is 11.1. The van der Waals surface area contributed by atoms with Crippen molar-refractivity contribution in [3.05, 3.63) is 29.3 Å². The Morgan fingerprint density at radius 3 is 2.87 bits per heavy atom. The summed E-state index contributed by atoms with van der Waals surface area (Å²) in [7, 11) is 0. The molecule has 10 heteroatoms. The van der Waals surface area contributed by atoms with E-state index >= 15 is 0 Å². The molecule has 2 fully saturated rings. The van der Waals surface area contributed by atoms with Crippen molar-refractivity contribution >= 4 is 55.7 Å². The number of hydrogen-bond donors (Lipinski definition) is 1. The minimum Gasteiger partial charge on any atom is -0.376 e. The number of fused-ring (bicyclic) bond motifs is 1. The molecule has 0 saturated carbocycles. The van der Waals surface area contributed by atoms with E-state index in [1.807, 2.05) is 11.0 Å². The molecule has 5 rings (SSSR count). The molecular formula is C21H25N5O2S3. The molecule has 0 bridgehead atoms. The van der Waals surface area contributed by atoms with Crippen LogP contribution >= 0.6 is 34.4 Å². The SMILES string of the molecule is O=C(CSc1nnc(NC[C@H]2CCCO2)s1)N1CCC(c2nc3ccccc3s2)CC1. The summed E-state index contributed by atoms with van der Waals surface area (Å²) in [6, 6.07) is 8.29. The summed E-state index contributed by atoms with van der Waals surface area (Å²) in [5.41, 5.74) is 1.08. The first kappa shape index (κ1) is 21.1. The monoisotopic (exact) mass is 475 g/mol. The van der Waals surface area contributed by atoms with E-state index in [0.29, 0.717) is 11.7 Å². The van der Waals surface area contributed by atoms with E-state index in [2.05, 4.69) is 33.7 Å². The lowest BCUT2D eigenvalue weighted by molar-refractivity contribution is -0.129. The van der Waals surface area contributed by atoms with E-state index in [-0.39, 0.29) is 12.0 Å². The van der Waals surface area contributed by atoms with Gasteiger partial charge in [0.15, 0.2) is 4.34 Å². The molecule has 0 spiro atoms. The molecule has 1 atom stereocenters. The van der Waals surface area contributed by atoms with Crippen molar-refractivity contribution in [2.75, 3.05) is 37.3 Å². The summed E-state index contributed by atoms with van der Waals surface area (Å²) < 4.78 is 7.68. The third-order valence-corrected chi connectivity index (χ3v) is 8.94. The fraction of sp³-hybridized carbons (Fsp3) is 0.524. The summed E-state index contributed by atoms with van der Waals surface area (Å²) in [5, 5.41) is 13.7. The van der Waals surface area contributed by atoms with Crippen LogP contribution in [0, 0.1) is 0 Å². The largest absolute Gasteiger partial charge is 0.376 e. The molecule has 1 N–H and O–H groups in total. The third kappa shape index (κ3) is 5.19. The molecule has 0 aliphatic carbocycles. The Hall–Kier alpha value is -1.75. The van der Waals surface area contributed by atoms with E-state index in [4.69, 9.17) is 9.72 Å². The molecule has 2 saturated heterocycles. The van der Waals surface area contributed by atoms with Crippen molar-refractivity contribution < 1.29 is 9.53 Å². The molecule has 31 heavy (non-hydrogen) atoms. The van der Waals surface area contributed by atoms with E-state index in [1.165, 1.54) is 32.8 Å². The van der Waals surface area contributed by atoms with Crippen LogP contribution in [0.25, 0.3) is 10.2 Å². The fourth-order valence-corrected chi connectivity index (χ4v) is 6.80. The molecule has 7 nitrogen and oxygen atoms in total. The van der Waals surface area contributed by atoms with Gasteiger partial charge in [-0.15, -0.1) is 21.5 Å². The maximum Gasteiger partial charge on any atom is 0.233 e. The number of amides is 1. The Balaban J connectivity index is 1.07. The Morgan fingerprint density at radius 2 is 2.06 bits per heavy atom. The molecule has 0 radical (unpaired) electrons. The lowest BCUT2D eigenvalue weighted by atomic mass is 9.97. The lowest BCUT2D eigenvalue weighted by Crippen LogP contribution is -2.38. The van der Waals surface area contributed by atoms with Gasteiger partial charge in [-0.05, 0) is 37.8 Å². The maximum atomic E-state index is 12.7. The molecule has 2 aliphatic heterocycles. The van der Waals surface area contributed by atoms with Gasteiger partial charge in [-0.25, -0.2) is 4.98 Å². The number of nitrogens with zero attached hydrogens (tertiary/aromatic N) is 4. The Kier molecular flexibility index (Phi) is 6.68. The van der Waals surface area contributed by atoms with Crippen molar-refractivity contribution in [1.29, 1.82) is 0 Å². The topological polar surface area (TPSA) is 80.2 Å². The van der Waals surface area contributed by atoms with Gasteiger partial charge in [0.05, 0.1) is 27.1 Å². The predicted octanol–water partition coefficient (Wildman–Crippen LogP) is 4.24. The van der Waals surface area contributed by atoms with Crippen LogP contribution < -0.4 is 5.32 Å². The van der Waals surface area contributed by atoms with Crippen LogP contribution in [0.2, 0.25) is 0 Å². The average Bonchev–Trinajstić information content (AvgIpc) is 3.56. The van der Waals surface area contributed by atoms with Crippen molar-refractivity contribution in [2.45, 2.75) is 42.0 Å². The minimum absolute atomic E-state index is 0.178. The van der Waals surface area contributed by atoms with Crippen molar-refractivity contribution in [2.24, 2.45) is 0 Å². The van der Waals surface area contributed by atoms with Crippen molar-refractivity contribution in [3.63, 3.8) is 0 Å². The van der Waals surface area contributed by atoms with Crippen molar-refractivity contribution in [3.8, 4) is 0 Å². The van der Waals surface area contributed by atoms with Crippen LogP contribution in [0.3, 0.4) is 0 Å². The first-order valence-electron chi connectivity index (χ1n) is 10.7. The number of anilines is 1. The Labute approximate surface area is 193 Å². The number of rotatable bonds is 7. The zero-order valence-corrected chi connectivity index (χ0v) is 19.6. The molecule has 2 aliphatic rings. The molecule has 1 aromatic carbocycles. The summed E-state index contributed by atoms with van der Waals surface area (Å²) in [5.74, 6) is 1.04. The van der Waals surface area contributed by atoms with E-state index in [0.717, 1.165) is 66.9 Å². The Bertz CT molecular complexity index is 992. The van der Waals surface area contributed by atoms with Gasteiger partial charge >= 0.3 is 0 Å². The van der Waals surface area contributed by atoms with Gasteiger partial charge in [0.25, 0.3) is 0 Å². The number of ether oxygens (including phenoxy) is 1. The highest BCUT2D eigenvalue weighted by Gasteiger charge is 2.26. The zero-order valence-electron chi connectivity index (χ0n) is 17.2. The number of nitrogens with one attached hydrogen (secondary N) is 1. The number of thioether (sulfide) groups is 1. The van der Waals surface area contributed by atoms with Gasteiger partial charge in [0.2, 0.25) is 11.0 Å². The Morgan fingerprint density at radius 1 is 1.19 bits per heavy atom. The average molecular weight is 476 g/mol. The molecule has 1 amide bonds. The van der Waals surface area contributed by atoms with E-state index < -0.39 is 0 Å². The van der Waals surface area contributed by atoms with Crippen LogP contribution in [0.1, 0.15) is 36.6 Å².